The van der Waals surface area contributed by atoms with E-state index in [1.165, 1.54) is 24.1 Å². The summed E-state index contributed by atoms with van der Waals surface area (Å²) in [4.78, 5) is 13.9. The molecule has 0 bridgehead atoms. The van der Waals surface area contributed by atoms with Crippen molar-refractivity contribution in [3.8, 4) is 0 Å². The minimum absolute atomic E-state index is 0.279. The normalized spacial score (nSPS) is 17.4. The van der Waals surface area contributed by atoms with E-state index in [0.717, 1.165) is 25.9 Å². The summed E-state index contributed by atoms with van der Waals surface area (Å²) in [6.07, 6.45) is 4.09. The van der Waals surface area contributed by atoms with E-state index in [-0.39, 0.29) is 5.91 Å². The molecule has 1 unspecified atom stereocenters. The second kappa shape index (κ2) is 6.27. The van der Waals surface area contributed by atoms with Crippen molar-refractivity contribution in [2.75, 3.05) is 25.0 Å². The number of hydrogen-bond acceptors (Lipinski definition) is 3. The number of amides is 1. The highest BCUT2D eigenvalue weighted by molar-refractivity contribution is 5.84. The van der Waals surface area contributed by atoms with Gasteiger partial charge in [0, 0.05) is 18.8 Å². The molecule has 0 aromatic heterocycles. The van der Waals surface area contributed by atoms with Gasteiger partial charge in [-0.3, -0.25) is 4.79 Å². The molecule has 4 nitrogen and oxygen atoms in total. The first-order valence-electron chi connectivity index (χ1n) is 7.38. The number of aryl methyl sites for hydroxylation is 1. The maximum Gasteiger partial charge on any atom is 0.237 e. The first kappa shape index (κ1) is 14.9. The average molecular weight is 275 g/mol. The second-order valence-electron chi connectivity index (χ2n) is 5.77. The molecule has 1 aliphatic rings. The summed E-state index contributed by atoms with van der Waals surface area (Å²) >= 11 is 0. The van der Waals surface area contributed by atoms with Gasteiger partial charge >= 0.3 is 0 Å². The van der Waals surface area contributed by atoms with Gasteiger partial charge in [-0.25, -0.2) is 0 Å². The molecule has 4 heteroatoms. The van der Waals surface area contributed by atoms with Crippen LogP contribution in [-0.2, 0) is 11.2 Å². The van der Waals surface area contributed by atoms with E-state index in [1.807, 2.05) is 6.92 Å². The van der Waals surface area contributed by atoms with E-state index >= 15 is 0 Å². The molecule has 1 aromatic carbocycles. The molecule has 20 heavy (non-hydrogen) atoms. The Bertz CT molecular complexity index is 475. The molecule has 0 fully saturated rings. The van der Waals surface area contributed by atoms with Crippen molar-refractivity contribution < 1.29 is 4.79 Å². The van der Waals surface area contributed by atoms with Crippen molar-refractivity contribution in [1.82, 2.24) is 5.32 Å². The number of nitrogens with two attached hydrogens (primary N) is 1. The van der Waals surface area contributed by atoms with E-state index in [0.29, 0.717) is 0 Å². The predicted molar refractivity (Wildman–Crippen MR) is 82.9 cm³/mol. The zero-order chi connectivity index (χ0) is 14.6. The topological polar surface area (TPSA) is 58.4 Å². The average Bonchev–Trinajstić information content (AvgIpc) is 2.47. The molecule has 3 N–H and O–H groups in total. The van der Waals surface area contributed by atoms with Gasteiger partial charge in [0.05, 0.1) is 5.54 Å². The quantitative estimate of drug-likeness (QED) is 0.830. The Morgan fingerprint density at radius 2 is 2.20 bits per heavy atom. The van der Waals surface area contributed by atoms with Crippen LogP contribution in [-0.4, -0.2) is 31.6 Å². The summed E-state index contributed by atoms with van der Waals surface area (Å²) < 4.78 is 0. The first-order chi connectivity index (χ1) is 9.57. The molecule has 0 saturated carbocycles. The standard InChI is InChI=1S/C16H25N3O/c1-16(18-2,15(17)20)10-6-12-19-11-5-8-13-7-3-4-9-14(13)19/h3-4,7,9,18H,5-6,8,10-12H2,1-2H3,(H2,17,20). The SMILES string of the molecule is CNC(C)(CCCN1CCCc2ccccc21)C(N)=O. The fourth-order valence-electron chi connectivity index (χ4n) is 2.84. The molecule has 1 heterocycles. The summed E-state index contributed by atoms with van der Waals surface area (Å²) in [6.45, 7) is 3.95. The molecular weight excluding hydrogens is 250 g/mol. The Morgan fingerprint density at radius 3 is 2.90 bits per heavy atom. The van der Waals surface area contributed by atoms with Gasteiger partial charge in [-0.05, 0) is 51.3 Å². The van der Waals surface area contributed by atoms with Gasteiger partial charge in [0.2, 0.25) is 5.91 Å². The Hall–Kier alpha value is -1.55. The summed E-state index contributed by atoms with van der Waals surface area (Å²) in [6, 6.07) is 8.61. The Labute approximate surface area is 121 Å². The third-order valence-electron chi connectivity index (χ3n) is 4.41. The lowest BCUT2D eigenvalue weighted by Crippen LogP contribution is -2.51. The highest BCUT2D eigenvalue weighted by Crippen LogP contribution is 2.27. The van der Waals surface area contributed by atoms with Gasteiger partial charge in [-0.2, -0.15) is 0 Å². The summed E-state index contributed by atoms with van der Waals surface area (Å²) in [7, 11) is 1.79. The van der Waals surface area contributed by atoms with E-state index in [4.69, 9.17) is 5.73 Å². The zero-order valence-electron chi connectivity index (χ0n) is 12.5. The van der Waals surface area contributed by atoms with Gasteiger partial charge in [0.15, 0.2) is 0 Å². The van der Waals surface area contributed by atoms with Gasteiger partial charge < -0.3 is 16.0 Å². The molecule has 1 aliphatic heterocycles. The molecule has 2 rings (SSSR count). The van der Waals surface area contributed by atoms with E-state index in [2.05, 4.69) is 34.5 Å². The number of likely N-dealkylation sites (N-methyl/N-ethyl adjacent to an activating group) is 1. The number of fused-ring (bicyclic) bond motifs is 1. The third-order valence-corrected chi connectivity index (χ3v) is 4.41. The lowest BCUT2D eigenvalue weighted by atomic mass is 9.94. The molecule has 1 aromatic rings. The zero-order valence-corrected chi connectivity index (χ0v) is 12.5. The largest absolute Gasteiger partial charge is 0.371 e. The van der Waals surface area contributed by atoms with Crippen LogP contribution in [0.1, 0.15) is 31.7 Å². The molecule has 0 spiro atoms. The number of nitrogens with zero attached hydrogens (tertiary/aromatic N) is 1. The number of carbonyl (C=O) groups is 1. The fraction of sp³-hybridized carbons (Fsp3) is 0.562. The van der Waals surface area contributed by atoms with E-state index < -0.39 is 5.54 Å². The van der Waals surface area contributed by atoms with Crippen LogP contribution in [0.25, 0.3) is 0 Å². The number of rotatable bonds is 6. The first-order valence-corrected chi connectivity index (χ1v) is 7.38. The van der Waals surface area contributed by atoms with Crippen LogP contribution in [0.3, 0.4) is 0 Å². The maximum atomic E-state index is 11.5. The smallest absolute Gasteiger partial charge is 0.237 e. The molecule has 110 valence electrons. The number of para-hydroxylation sites is 1. The monoisotopic (exact) mass is 275 g/mol. The van der Waals surface area contributed by atoms with Crippen LogP contribution in [0.2, 0.25) is 0 Å². The van der Waals surface area contributed by atoms with E-state index in [1.54, 1.807) is 7.05 Å². The van der Waals surface area contributed by atoms with Crippen LogP contribution < -0.4 is 16.0 Å². The minimum atomic E-state index is -0.602. The number of anilines is 1. The lowest BCUT2D eigenvalue weighted by Gasteiger charge is -2.33. The van der Waals surface area contributed by atoms with Crippen LogP contribution in [0.5, 0.6) is 0 Å². The van der Waals surface area contributed by atoms with E-state index in [9.17, 15) is 4.79 Å². The van der Waals surface area contributed by atoms with Gasteiger partial charge in [0.1, 0.15) is 0 Å². The summed E-state index contributed by atoms with van der Waals surface area (Å²) in [5.74, 6) is -0.279. The third kappa shape index (κ3) is 3.12. The number of benzene rings is 1. The molecule has 0 saturated heterocycles. The van der Waals surface area contributed by atoms with Crippen LogP contribution in [0.4, 0.5) is 5.69 Å². The molecule has 1 atom stereocenters. The van der Waals surface area contributed by atoms with Crippen LogP contribution >= 0.6 is 0 Å². The van der Waals surface area contributed by atoms with Crippen molar-refractivity contribution in [3.05, 3.63) is 29.8 Å². The van der Waals surface area contributed by atoms with Crippen molar-refractivity contribution in [2.45, 2.75) is 38.1 Å². The summed E-state index contributed by atoms with van der Waals surface area (Å²) in [5.41, 5.74) is 7.65. The number of nitrogens with one attached hydrogen (secondary N) is 1. The Balaban J connectivity index is 1.94. The Morgan fingerprint density at radius 1 is 1.45 bits per heavy atom. The van der Waals surface area contributed by atoms with Crippen molar-refractivity contribution in [3.63, 3.8) is 0 Å². The Kier molecular flexibility index (Phi) is 4.65. The van der Waals surface area contributed by atoms with Crippen molar-refractivity contribution in [2.24, 2.45) is 5.73 Å². The molecule has 1 amide bonds. The summed E-state index contributed by atoms with van der Waals surface area (Å²) in [5, 5.41) is 3.04. The minimum Gasteiger partial charge on any atom is -0.371 e. The number of carbonyl (C=O) groups excluding carboxylic acids is 1. The predicted octanol–water partition coefficient (Wildman–Crippen LogP) is 1.68. The lowest BCUT2D eigenvalue weighted by molar-refractivity contribution is -0.123. The van der Waals surface area contributed by atoms with Crippen molar-refractivity contribution >= 4 is 11.6 Å². The molecule has 0 aliphatic carbocycles. The van der Waals surface area contributed by atoms with Crippen LogP contribution in [0, 0.1) is 0 Å². The van der Waals surface area contributed by atoms with Gasteiger partial charge in [-0.1, -0.05) is 18.2 Å². The highest BCUT2D eigenvalue weighted by atomic mass is 16.1. The number of primary amides is 1. The maximum absolute atomic E-state index is 11.5. The van der Waals surface area contributed by atoms with Gasteiger partial charge in [-0.15, -0.1) is 0 Å². The van der Waals surface area contributed by atoms with Crippen LogP contribution in [0.15, 0.2) is 24.3 Å². The number of hydrogen-bond donors (Lipinski definition) is 2. The highest BCUT2D eigenvalue weighted by Gasteiger charge is 2.28. The molecule has 0 radical (unpaired) electrons. The van der Waals surface area contributed by atoms with Crippen molar-refractivity contribution in [1.29, 1.82) is 0 Å². The second-order valence-corrected chi connectivity index (χ2v) is 5.77. The molecular formula is C16H25N3O. The van der Waals surface area contributed by atoms with Gasteiger partial charge in [0.25, 0.3) is 0 Å². The fourth-order valence-corrected chi connectivity index (χ4v) is 2.84.